The van der Waals surface area contributed by atoms with E-state index in [0.29, 0.717) is 11.8 Å². The first-order valence-corrected chi connectivity index (χ1v) is 5.15. The minimum Gasteiger partial charge on any atom is -0.481 e. The predicted molar refractivity (Wildman–Crippen MR) is 50.4 cm³/mol. The van der Waals surface area contributed by atoms with Gasteiger partial charge in [0.2, 0.25) is 0 Å². The fraction of sp³-hybridized carbons (Fsp3) is 0.909. The van der Waals surface area contributed by atoms with Gasteiger partial charge in [-0.25, -0.2) is 0 Å². The summed E-state index contributed by atoms with van der Waals surface area (Å²) in [6, 6.07) is 0. The smallest absolute Gasteiger partial charge is 0.310 e. The van der Waals surface area contributed by atoms with Crippen molar-refractivity contribution in [3.63, 3.8) is 0 Å². The van der Waals surface area contributed by atoms with Gasteiger partial charge in [-0.1, -0.05) is 20.8 Å². The second-order valence-corrected chi connectivity index (χ2v) is 5.44. The van der Waals surface area contributed by atoms with Crippen molar-refractivity contribution in [3.05, 3.63) is 0 Å². The number of fused-ring (bicyclic) bond motifs is 2. The molecule has 13 heavy (non-hydrogen) atoms. The average Bonchev–Trinajstić information content (AvgIpc) is 2.35. The van der Waals surface area contributed by atoms with Crippen molar-refractivity contribution in [1.82, 2.24) is 0 Å². The summed E-state index contributed by atoms with van der Waals surface area (Å²) in [7, 11) is 0. The summed E-state index contributed by atoms with van der Waals surface area (Å²) in [4.78, 5) is 11.3. The molecule has 2 fully saturated rings. The summed E-state index contributed by atoms with van der Waals surface area (Å²) in [6.45, 7) is 6.49. The van der Waals surface area contributed by atoms with Gasteiger partial charge >= 0.3 is 5.97 Å². The number of carboxylic acid groups (broad SMARTS) is 1. The Balaban J connectivity index is 2.45. The largest absolute Gasteiger partial charge is 0.481 e. The Bertz CT molecular complexity index is 257. The van der Waals surface area contributed by atoms with Crippen LogP contribution in [-0.4, -0.2) is 11.1 Å². The molecule has 0 aromatic heterocycles. The van der Waals surface area contributed by atoms with E-state index in [1.807, 2.05) is 0 Å². The van der Waals surface area contributed by atoms with Gasteiger partial charge in [0.15, 0.2) is 0 Å². The molecule has 0 radical (unpaired) electrons. The van der Waals surface area contributed by atoms with Crippen LogP contribution in [0.3, 0.4) is 0 Å². The van der Waals surface area contributed by atoms with Crippen LogP contribution in [0.15, 0.2) is 0 Å². The highest BCUT2D eigenvalue weighted by atomic mass is 16.4. The molecule has 2 rings (SSSR count). The fourth-order valence-electron chi connectivity index (χ4n) is 3.96. The van der Waals surface area contributed by atoms with E-state index in [9.17, 15) is 9.90 Å². The van der Waals surface area contributed by atoms with Crippen molar-refractivity contribution in [2.45, 2.75) is 40.0 Å². The van der Waals surface area contributed by atoms with Gasteiger partial charge in [-0.15, -0.1) is 0 Å². The highest BCUT2D eigenvalue weighted by Gasteiger charge is 2.65. The van der Waals surface area contributed by atoms with Crippen LogP contribution in [0.2, 0.25) is 0 Å². The summed E-state index contributed by atoms with van der Waals surface area (Å²) in [5.41, 5.74) is -0.394. The Kier molecular flexibility index (Phi) is 1.59. The molecule has 74 valence electrons. The third-order valence-electron chi connectivity index (χ3n) is 4.81. The van der Waals surface area contributed by atoms with Gasteiger partial charge < -0.3 is 5.11 Å². The van der Waals surface area contributed by atoms with Gasteiger partial charge in [0, 0.05) is 0 Å². The Morgan fingerprint density at radius 3 is 2.31 bits per heavy atom. The number of aliphatic carboxylic acids is 1. The molecule has 2 saturated carbocycles. The molecule has 1 N–H and O–H groups in total. The van der Waals surface area contributed by atoms with Crippen LogP contribution in [0, 0.1) is 22.7 Å². The Hall–Kier alpha value is -0.530. The minimum absolute atomic E-state index is 0.0122. The molecule has 2 aliphatic carbocycles. The predicted octanol–water partition coefficient (Wildman–Crippen LogP) is 2.53. The van der Waals surface area contributed by atoms with E-state index >= 15 is 0 Å². The Labute approximate surface area is 79.3 Å². The lowest BCUT2D eigenvalue weighted by Crippen LogP contribution is -2.37. The molecular weight excluding hydrogens is 164 g/mol. The highest BCUT2D eigenvalue weighted by molar-refractivity contribution is 5.77. The van der Waals surface area contributed by atoms with Crippen molar-refractivity contribution in [1.29, 1.82) is 0 Å². The van der Waals surface area contributed by atoms with Crippen LogP contribution >= 0.6 is 0 Å². The number of carbonyl (C=O) groups is 1. The molecule has 2 nitrogen and oxygen atoms in total. The zero-order chi connectivity index (χ0) is 9.85. The lowest BCUT2D eigenvalue weighted by atomic mass is 9.69. The zero-order valence-electron chi connectivity index (χ0n) is 8.63. The van der Waals surface area contributed by atoms with Crippen LogP contribution < -0.4 is 0 Å². The summed E-state index contributed by atoms with van der Waals surface area (Å²) < 4.78 is 0. The quantitative estimate of drug-likeness (QED) is 0.676. The second-order valence-electron chi connectivity index (χ2n) is 5.44. The van der Waals surface area contributed by atoms with Crippen molar-refractivity contribution >= 4 is 5.97 Å². The summed E-state index contributed by atoms with van der Waals surface area (Å²) in [5.74, 6) is 0.660. The van der Waals surface area contributed by atoms with E-state index in [2.05, 4.69) is 20.8 Å². The fourth-order valence-corrected chi connectivity index (χ4v) is 3.96. The first kappa shape index (κ1) is 9.04. The Morgan fingerprint density at radius 2 is 2.08 bits per heavy atom. The monoisotopic (exact) mass is 182 g/mol. The van der Waals surface area contributed by atoms with E-state index in [1.165, 1.54) is 0 Å². The molecule has 0 aromatic carbocycles. The maximum absolute atomic E-state index is 11.3. The van der Waals surface area contributed by atoms with Gasteiger partial charge in [0.1, 0.15) is 0 Å². The number of rotatable bonds is 1. The molecule has 2 bridgehead atoms. The van der Waals surface area contributed by atoms with Crippen LogP contribution in [0.5, 0.6) is 0 Å². The molecule has 2 heteroatoms. The topological polar surface area (TPSA) is 37.3 Å². The lowest BCUT2D eigenvalue weighted by molar-refractivity contribution is -0.153. The van der Waals surface area contributed by atoms with Gasteiger partial charge in [0.25, 0.3) is 0 Å². The molecular formula is C11H18O2. The van der Waals surface area contributed by atoms with E-state index in [-0.39, 0.29) is 5.41 Å². The van der Waals surface area contributed by atoms with E-state index in [0.717, 1.165) is 19.3 Å². The van der Waals surface area contributed by atoms with Gasteiger partial charge in [-0.05, 0) is 36.5 Å². The normalized spacial score (nSPS) is 46.7. The van der Waals surface area contributed by atoms with Crippen LogP contribution in [-0.2, 0) is 4.79 Å². The first-order valence-electron chi connectivity index (χ1n) is 5.15. The molecule has 0 spiro atoms. The van der Waals surface area contributed by atoms with Crippen molar-refractivity contribution in [2.75, 3.05) is 0 Å². The SMILES string of the molecule is CC1CC2(C(=O)O)CCC1C2(C)C. The minimum atomic E-state index is -0.565. The molecule has 0 aliphatic heterocycles. The van der Waals surface area contributed by atoms with Gasteiger partial charge in [-0.2, -0.15) is 0 Å². The van der Waals surface area contributed by atoms with Gasteiger partial charge in [0.05, 0.1) is 5.41 Å². The van der Waals surface area contributed by atoms with Crippen molar-refractivity contribution < 1.29 is 9.90 Å². The summed E-state index contributed by atoms with van der Waals surface area (Å²) in [5, 5.41) is 9.34. The first-order chi connectivity index (χ1) is 5.92. The number of carboxylic acids is 1. The molecule has 0 amide bonds. The molecule has 0 saturated heterocycles. The third-order valence-corrected chi connectivity index (χ3v) is 4.81. The molecule has 0 aromatic rings. The summed E-state index contributed by atoms with van der Waals surface area (Å²) in [6.07, 6.45) is 2.89. The number of hydrogen-bond donors (Lipinski definition) is 1. The van der Waals surface area contributed by atoms with Crippen molar-refractivity contribution in [2.24, 2.45) is 22.7 Å². The number of hydrogen-bond acceptors (Lipinski definition) is 1. The molecule has 0 heterocycles. The molecule has 3 atom stereocenters. The maximum atomic E-state index is 11.3. The van der Waals surface area contributed by atoms with E-state index in [1.54, 1.807) is 0 Å². The van der Waals surface area contributed by atoms with Crippen molar-refractivity contribution in [3.8, 4) is 0 Å². The maximum Gasteiger partial charge on any atom is 0.310 e. The van der Waals surface area contributed by atoms with Crippen LogP contribution in [0.4, 0.5) is 0 Å². The second kappa shape index (κ2) is 2.28. The highest BCUT2D eigenvalue weighted by Crippen LogP contribution is 2.67. The lowest BCUT2D eigenvalue weighted by Gasteiger charge is -2.33. The summed E-state index contributed by atoms with van der Waals surface area (Å²) >= 11 is 0. The standard InChI is InChI=1S/C11H18O2/c1-7-6-11(9(12)13)5-4-8(7)10(11,2)3/h7-8H,4-6H2,1-3H3,(H,12,13). The van der Waals surface area contributed by atoms with E-state index in [4.69, 9.17) is 0 Å². The third kappa shape index (κ3) is 0.818. The van der Waals surface area contributed by atoms with Gasteiger partial charge in [-0.3, -0.25) is 4.79 Å². The zero-order valence-corrected chi connectivity index (χ0v) is 8.63. The van der Waals surface area contributed by atoms with Crippen LogP contribution in [0.1, 0.15) is 40.0 Å². The van der Waals surface area contributed by atoms with E-state index < -0.39 is 11.4 Å². The Morgan fingerprint density at radius 1 is 1.46 bits per heavy atom. The van der Waals surface area contributed by atoms with Crippen LogP contribution in [0.25, 0.3) is 0 Å². The molecule has 2 aliphatic rings. The average molecular weight is 182 g/mol. The molecule has 3 unspecified atom stereocenters.